The number of carbonyl (C=O) groups is 2. The van der Waals surface area contributed by atoms with Gasteiger partial charge in [-0.3, -0.25) is 4.79 Å². The number of amides is 1. The van der Waals surface area contributed by atoms with Crippen molar-refractivity contribution in [1.29, 1.82) is 0 Å². The van der Waals surface area contributed by atoms with Crippen LogP contribution < -0.4 is 5.73 Å². The summed E-state index contributed by atoms with van der Waals surface area (Å²) in [6, 6.07) is 4.34. The zero-order valence-corrected chi connectivity index (χ0v) is 8.65. The van der Waals surface area contributed by atoms with Gasteiger partial charge in [-0.05, 0) is 29.7 Å². The van der Waals surface area contributed by atoms with Crippen LogP contribution in [-0.4, -0.2) is 17.0 Å². The second-order valence-electron chi connectivity index (χ2n) is 3.63. The monoisotopic (exact) mass is 207 g/mol. The highest BCUT2D eigenvalue weighted by molar-refractivity contribution is 5.96. The Morgan fingerprint density at radius 2 is 1.93 bits per heavy atom. The molecule has 0 aromatic heterocycles. The molecular weight excluding hydrogens is 194 g/mol. The van der Waals surface area contributed by atoms with Crippen LogP contribution in [0.3, 0.4) is 0 Å². The number of carbonyl (C=O) groups excluding carboxylic acids is 1. The summed E-state index contributed by atoms with van der Waals surface area (Å²) in [6.07, 6.45) is 0. The van der Waals surface area contributed by atoms with Crippen molar-refractivity contribution in [2.45, 2.75) is 19.8 Å². The number of nitrogens with two attached hydrogens (primary N) is 1. The molecule has 0 aliphatic carbocycles. The number of rotatable bonds is 3. The third-order valence-electron chi connectivity index (χ3n) is 2.19. The summed E-state index contributed by atoms with van der Waals surface area (Å²) < 4.78 is 0. The molecule has 0 saturated carbocycles. The molecule has 1 rings (SSSR count). The molecule has 0 fully saturated rings. The molecule has 0 atom stereocenters. The van der Waals surface area contributed by atoms with Gasteiger partial charge in [-0.2, -0.15) is 0 Å². The van der Waals surface area contributed by atoms with E-state index in [0.717, 1.165) is 0 Å². The van der Waals surface area contributed by atoms with E-state index >= 15 is 0 Å². The van der Waals surface area contributed by atoms with Crippen molar-refractivity contribution in [2.24, 2.45) is 5.73 Å². The van der Waals surface area contributed by atoms with Crippen LogP contribution in [0.1, 0.15) is 46.0 Å². The zero-order chi connectivity index (χ0) is 11.6. The minimum atomic E-state index is -1.01. The molecule has 0 radical (unpaired) electrons. The number of hydrogen-bond acceptors (Lipinski definition) is 2. The lowest BCUT2D eigenvalue weighted by Gasteiger charge is -2.10. The van der Waals surface area contributed by atoms with Crippen molar-refractivity contribution < 1.29 is 14.7 Å². The van der Waals surface area contributed by atoms with Gasteiger partial charge >= 0.3 is 5.97 Å². The van der Waals surface area contributed by atoms with Crippen molar-refractivity contribution in [3.63, 3.8) is 0 Å². The maximum atomic E-state index is 11.1. The molecular formula is C11H13NO3. The molecule has 3 N–H and O–H groups in total. The Labute approximate surface area is 87.7 Å². The van der Waals surface area contributed by atoms with E-state index in [0.29, 0.717) is 11.1 Å². The molecule has 80 valence electrons. The molecule has 1 aromatic rings. The van der Waals surface area contributed by atoms with Crippen molar-refractivity contribution in [3.05, 3.63) is 34.9 Å². The zero-order valence-electron chi connectivity index (χ0n) is 8.65. The number of carboxylic acid groups (broad SMARTS) is 1. The van der Waals surface area contributed by atoms with Crippen LogP contribution in [0.25, 0.3) is 0 Å². The normalized spacial score (nSPS) is 10.3. The molecule has 0 bridgehead atoms. The molecule has 0 unspecified atom stereocenters. The summed E-state index contributed by atoms with van der Waals surface area (Å²) in [4.78, 5) is 21.8. The minimum Gasteiger partial charge on any atom is -0.478 e. The van der Waals surface area contributed by atoms with Crippen LogP contribution in [0.15, 0.2) is 18.2 Å². The van der Waals surface area contributed by atoms with Gasteiger partial charge in [0.15, 0.2) is 0 Å². The average Bonchev–Trinajstić information content (AvgIpc) is 2.16. The number of hydrogen-bond donors (Lipinski definition) is 2. The Balaban J connectivity index is 3.33. The van der Waals surface area contributed by atoms with Crippen LogP contribution >= 0.6 is 0 Å². The molecule has 0 aliphatic rings. The van der Waals surface area contributed by atoms with E-state index in [2.05, 4.69) is 0 Å². The second-order valence-corrected chi connectivity index (χ2v) is 3.63. The number of carboxylic acids is 1. The standard InChI is InChI=1S/C11H13NO3/c1-6(2)9-5-7(11(14)15)3-4-8(9)10(12)13/h3-6H,1-2H3,(H2,12,13)(H,14,15). The summed E-state index contributed by atoms with van der Waals surface area (Å²) in [5, 5.41) is 8.80. The van der Waals surface area contributed by atoms with Crippen molar-refractivity contribution in [3.8, 4) is 0 Å². The summed E-state index contributed by atoms with van der Waals surface area (Å²) in [6.45, 7) is 3.76. The first-order valence-electron chi connectivity index (χ1n) is 4.60. The molecule has 4 nitrogen and oxygen atoms in total. The Morgan fingerprint density at radius 3 is 2.33 bits per heavy atom. The van der Waals surface area contributed by atoms with Crippen LogP contribution in [0.5, 0.6) is 0 Å². The minimum absolute atomic E-state index is 0.0619. The third-order valence-corrected chi connectivity index (χ3v) is 2.19. The molecule has 0 heterocycles. The first-order valence-corrected chi connectivity index (χ1v) is 4.60. The average molecular weight is 207 g/mol. The lowest BCUT2D eigenvalue weighted by molar-refractivity contribution is 0.0696. The van der Waals surface area contributed by atoms with E-state index in [4.69, 9.17) is 10.8 Å². The smallest absolute Gasteiger partial charge is 0.335 e. The van der Waals surface area contributed by atoms with Crippen LogP contribution in [0, 0.1) is 0 Å². The number of aromatic carboxylic acids is 1. The second kappa shape index (κ2) is 4.13. The molecule has 1 aromatic carbocycles. The van der Waals surface area contributed by atoms with Crippen LogP contribution in [0.2, 0.25) is 0 Å². The van der Waals surface area contributed by atoms with Gasteiger partial charge in [0.1, 0.15) is 0 Å². The molecule has 0 aliphatic heterocycles. The van der Waals surface area contributed by atoms with E-state index in [-0.39, 0.29) is 11.5 Å². The fraction of sp³-hybridized carbons (Fsp3) is 0.273. The first kappa shape index (κ1) is 11.2. The lowest BCUT2D eigenvalue weighted by atomic mass is 9.94. The lowest BCUT2D eigenvalue weighted by Crippen LogP contribution is -2.15. The predicted molar refractivity (Wildman–Crippen MR) is 56.0 cm³/mol. The first-order chi connectivity index (χ1) is 6.93. The van der Waals surface area contributed by atoms with E-state index in [9.17, 15) is 9.59 Å². The van der Waals surface area contributed by atoms with E-state index in [1.54, 1.807) is 0 Å². The van der Waals surface area contributed by atoms with Crippen molar-refractivity contribution >= 4 is 11.9 Å². The van der Waals surface area contributed by atoms with Gasteiger partial charge < -0.3 is 10.8 Å². The van der Waals surface area contributed by atoms with Gasteiger partial charge in [0.25, 0.3) is 0 Å². The van der Waals surface area contributed by atoms with Crippen LogP contribution in [-0.2, 0) is 0 Å². The van der Waals surface area contributed by atoms with Gasteiger partial charge in [-0.1, -0.05) is 13.8 Å². The molecule has 15 heavy (non-hydrogen) atoms. The summed E-state index contributed by atoms with van der Waals surface area (Å²) >= 11 is 0. The Kier molecular flexibility index (Phi) is 3.09. The number of benzene rings is 1. The maximum absolute atomic E-state index is 11.1. The highest BCUT2D eigenvalue weighted by Crippen LogP contribution is 2.20. The van der Waals surface area contributed by atoms with Crippen molar-refractivity contribution in [2.75, 3.05) is 0 Å². The van der Waals surface area contributed by atoms with Crippen molar-refractivity contribution in [1.82, 2.24) is 0 Å². The Hall–Kier alpha value is -1.84. The van der Waals surface area contributed by atoms with E-state index < -0.39 is 11.9 Å². The quantitative estimate of drug-likeness (QED) is 0.790. The van der Waals surface area contributed by atoms with Crippen LogP contribution in [0.4, 0.5) is 0 Å². The molecule has 0 saturated heterocycles. The third kappa shape index (κ3) is 2.34. The molecule has 1 amide bonds. The van der Waals surface area contributed by atoms with Gasteiger partial charge in [-0.25, -0.2) is 4.79 Å². The Morgan fingerprint density at radius 1 is 1.33 bits per heavy atom. The van der Waals surface area contributed by atoms with E-state index in [1.807, 2.05) is 13.8 Å². The van der Waals surface area contributed by atoms with Gasteiger partial charge in [0, 0.05) is 5.56 Å². The predicted octanol–water partition coefficient (Wildman–Crippen LogP) is 1.61. The highest BCUT2D eigenvalue weighted by Gasteiger charge is 2.14. The summed E-state index contributed by atoms with van der Waals surface area (Å²) in [7, 11) is 0. The fourth-order valence-electron chi connectivity index (χ4n) is 1.40. The van der Waals surface area contributed by atoms with Gasteiger partial charge in [0.2, 0.25) is 5.91 Å². The molecule has 4 heteroatoms. The summed E-state index contributed by atoms with van der Waals surface area (Å²) in [5.41, 5.74) is 6.42. The maximum Gasteiger partial charge on any atom is 0.335 e. The summed E-state index contributed by atoms with van der Waals surface area (Å²) in [5.74, 6) is -1.48. The van der Waals surface area contributed by atoms with Gasteiger partial charge in [0.05, 0.1) is 5.56 Å². The topological polar surface area (TPSA) is 80.4 Å². The fourth-order valence-corrected chi connectivity index (χ4v) is 1.40. The molecule has 0 spiro atoms. The Bertz CT molecular complexity index is 410. The van der Waals surface area contributed by atoms with Gasteiger partial charge in [-0.15, -0.1) is 0 Å². The highest BCUT2D eigenvalue weighted by atomic mass is 16.4. The number of primary amides is 1. The van der Waals surface area contributed by atoms with E-state index in [1.165, 1.54) is 18.2 Å². The largest absolute Gasteiger partial charge is 0.478 e. The SMILES string of the molecule is CC(C)c1cc(C(=O)O)ccc1C(N)=O.